The van der Waals surface area contributed by atoms with Crippen LogP contribution in [0.25, 0.3) is 0 Å². The summed E-state index contributed by atoms with van der Waals surface area (Å²) in [5, 5.41) is 0. The van der Waals surface area contributed by atoms with Gasteiger partial charge >= 0.3 is 5.97 Å². The first-order chi connectivity index (χ1) is 9.19. The van der Waals surface area contributed by atoms with E-state index in [-0.39, 0.29) is 34.8 Å². The van der Waals surface area contributed by atoms with Gasteiger partial charge in [0.15, 0.2) is 0 Å². The van der Waals surface area contributed by atoms with Crippen LogP contribution in [0.3, 0.4) is 0 Å². The molecule has 20 heavy (non-hydrogen) atoms. The Kier molecular flexibility index (Phi) is 3.98. The van der Waals surface area contributed by atoms with Gasteiger partial charge in [-0.25, -0.2) is 0 Å². The van der Waals surface area contributed by atoms with Crippen molar-refractivity contribution >= 4 is 11.8 Å². The molecule has 0 aromatic heterocycles. The summed E-state index contributed by atoms with van der Waals surface area (Å²) >= 11 is 0. The molecule has 0 spiro atoms. The van der Waals surface area contributed by atoms with E-state index in [0.29, 0.717) is 6.42 Å². The molecular formula is C16H26O4. The van der Waals surface area contributed by atoms with Crippen LogP contribution in [0.15, 0.2) is 0 Å². The molecule has 2 fully saturated rings. The van der Waals surface area contributed by atoms with E-state index in [1.165, 1.54) is 7.11 Å². The highest BCUT2D eigenvalue weighted by Crippen LogP contribution is 2.55. The average molecular weight is 282 g/mol. The Bertz CT molecular complexity index is 401. The van der Waals surface area contributed by atoms with E-state index in [1.54, 1.807) is 0 Å². The zero-order valence-electron chi connectivity index (χ0n) is 13.2. The Morgan fingerprint density at radius 1 is 1.30 bits per heavy atom. The number of rotatable bonds is 2. The summed E-state index contributed by atoms with van der Waals surface area (Å²) < 4.78 is 11.1. The van der Waals surface area contributed by atoms with Crippen molar-refractivity contribution in [1.29, 1.82) is 0 Å². The summed E-state index contributed by atoms with van der Waals surface area (Å²) in [7, 11) is 1.36. The second-order valence-electron chi connectivity index (χ2n) is 7.38. The van der Waals surface area contributed by atoms with Crippen molar-refractivity contribution in [3.63, 3.8) is 0 Å². The molecule has 4 atom stereocenters. The van der Waals surface area contributed by atoms with Gasteiger partial charge < -0.3 is 9.47 Å². The number of ketones is 1. The number of ether oxygens (including phenoxy) is 2. The van der Waals surface area contributed by atoms with Gasteiger partial charge in [0.1, 0.15) is 11.7 Å². The molecule has 0 aliphatic heterocycles. The monoisotopic (exact) mass is 282 g/mol. The fraction of sp³-hybridized carbons (Fsp3) is 0.875. The second-order valence-corrected chi connectivity index (χ2v) is 7.38. The maximum absolute atomic E-state index is 12.1. The maximum Gasteiger partial charge on any atom is 0.316 e. The number of hydrogen-bond donors (Lipinski definition) is 0. The van der Waals surface area contributed by atoms with Crippen molar-refractivity contribution in [1.82, 2.24) is 0 Å². The first-order valence-corrected chi connectivity index (χ1v) is 7.47. The van der Waals surface area contributed by atoms with Gasteiger partial charge in [0.05, 0.1) is 18.8 Å². The molecule has 0 saturated heterocycles. The molecule has 0 aromatic rings. The first-order valence-electron chi connectivity index (χ1n) is 7.47. The van der Waals surface area contributed by atoms with E-state index in [0.717, 1.165) is 19.3 Å². The average Bonchev–Trinajstić information content (AvgIpc) is 2.65. The fourth-order valence-electron chi connectivity index (χ4n) is 3.94. The lowest BCUT2D eigenvalue weighted by Crippen LogP contribution is -2.48. The summed E-state index contributed by atoms with van der Waals surface area (Å²) in [4.78, 5) is 24.1. The molecule has 0 aromatic carbocycles. The largest absolute Gasteiger partial charge is 0.468 e. The summed E-state index contributed by atoms with van der Waals surface area (Å²) in [5.74, 6) is -0.867. The zero-order valence-corrected chi connectivity index (χ0v) is 13.2. The van der Waals surface area contributed by atoms with E-state index in [4.69, 9.17) is 9.47 Å². The van der Waals surface area contributed by atoms with Crippen molar-refractivity contribution in [3.05, 3.63) is 0 Å². The van der Waals surface area contributed by atoms with Gasteiger partial charge in [-0.2, -0.15) is 0 Å². The zero-order chi connectivity index (χ0) is 15.1. The lowest BCUT2D eigenvalue weighted by Gasteiger charge is -2.44. The van der Waals surface area contributed by atoms with E-state index in [9.17, 15) is 9.59 Å². The molecule has 0 amide bonds. The van der Waals surface area contributed by atoms with Gasteiger partial charge in [0.25, 0.3) is 0 Å². The topological polar surface area (TPSA) is 52.6 Å². The molecule has 0 unspecified atom stereocenters. The van der Waals surface area contributed by atoms with Crippen LogP contribution in [0.2, 0.25) is 0 Å². The highest BCUT2D eigenvalue weighted by molar-refractivity contribution is 6.00. The normalized spacial score (nSPS) is 37.6. The van der Waals surface area contributed by atoms with E-state index in [1.807, 2.05) is 0 Å². The SMILES string of the molecule is COC(=O)[C@H]1C(=O)CC[C@]2(C)[C@@H]1CC[C@H]2OC(C)(C)C. The van der Waals surface area contributed by atoms with Gasteiger partial charge in [-0.3, -0.25) is 9.59 Å². The van der Waals surface area contributed by atoms with Crippen molar-refractivity contribution in [2.24, 2.45) is 17.3 Å². The third-order valence-corrected chi connectivity index (χ3v) is 4.93. The predicted molar refractivity (Wildman–Crippen MR) is 75.2 cm³/mol. The lowest BCUT2D eigenvalue weighted by atomic mass is 9.63. The van der Waals surface area contributed by atoms with Crippen LogP contribution in [0, 0.1) is 17.3 Å². The number of methoxy groups -OCH3 is 1. The summed E-state index contributed by atoms with van der Waals surface area (Å²) in [6, 6.07) is 0. The minimum Gasteiger partial charge on any atom is -0.468 e. The van der Waals surface area contributed by atoms with Crippen molar-refractivity contribution in [3.8, 4) is 0 Å². The summed E-state index contributed by atoms with van der Waals surface area (Å²) in [6.07, 6.45) is 3.16. The minimum atomic E-state index is -0.590. The minimum absolute atomic E-state index is 0.0377. The van der Waals surface area contributed by atoms with Crippen molar-refractivity contribution in [2.45, 2.75) is 65.1 Å². The van der Waals surface area contributed by atoms with Gasteiger partial charge in [-0.1, -0.05) is 6.92 Å². The van der Waals surface area contributed by atoms with Gasteiger partial charge in [-0.05, 0) is 51.4 Å². The highest BCUT2D eigenvalue weighted by atomic mass is 16.5. The number of Topliss-reactive ketones (excluding diaryl/α,β-unsaturated/α-hetero) is 1. The highest BCUT2D eigenvalue weighted by Gasteiger charge is 2.57. The molecule has 2 aliphatic rings. The van der Waals surface area contributed by atoms with Crippen LogP contribution in [0.1, 0.15) is 53.4 Å². The fourth-order valence-corrected chi connectivity index (χ4v) is 3.94. The van der Waals surface area contributed by atoms with Crippen LogP contribution in [0.5, 0.6) is 0 Å². The predicted octanol–water partition coefficient (Wildman–Crippen LogP) is 2.74. The smallest absolute Gasteiger partial charge is 0.316 e. The molecule has 2 aliphatic carbocycles. The van der Waals surface area contributed by atoms with Crippen LogP contribution >= 0.6 is 0 Å². The third-order valence-electron chi connectivity index (χ3n) is 4.93. The van der Waals surface area contributed by atoms with Crippen LogP contribution in [-0.2, 0) is 19.1 Å². The number of hydrogen-bond acceptors (Lipinski definition) is 4. The second kappa shape index (κ2) is 5.14. The Labute approximate surface area is 121 Å². The molecule has 0 bridgehead atoms. The Hall–Kier alpha value is -0.900. The third kappa shape index (κ3) is 2.62. The Balaban J connectivity index is 2.24. The van der Waals surface area contributed by atoms with E-state index in [2.05, 4.69) is 27.7 Å². The molecule has 4 heteroatoms. The standard InChI is InChI=1S/C16H26O4/c1-15(2,3)20-12-7-6-10-13(14(18)19-5)11(17)8-9-16(10,12)4/h10,12-13H,6-9H2,1-5H3/t10-,12-,13-,16-/m1/s1. The number of carbonyl (C=O) groups excluding carboxylic acids is 2. The summed E-state index contributed by atoms with van der Waals surface area (Å²) in [6.45, 7) is 8.32. The number of fused-ring (bicyclic) bond motifs is 1. The lowest BCUT2D eigenvalue weighted by molar-refractivity contribution is -0.162. The summed E-state index contributed by atoms with van der Waals surface area (Å²) in [5.41, 5.74) is -0.301. The Morgan fingerprint density at radius 3 is 2.50 bits per heavy atom. The molecule has 0 N–H and O–H groups in total. The molecule has 4 nitrogen and oxygen atoms in total. The maximum atomic E-state index is 12.1. The molecule has 0 heterocycles. The van der Waals surface area contributed by atoms with E-state index < -0.39 is 5.92 Å². The molecular weight excluding hydrogens is 256 g/mol. The van der Waals surface area contributed by atoms with Crippen LogP contribution in [-0.4, -0.2) is 30.6 Å². The van der Waals surface area contributed by atoms with Crippen LogP contribution in [0.4, 0.5) is 0 Å². The molecule has 0 radical (unpaired) electrons. The van der Waals surface area contributed by atoms with Crippen molar-refractivity contribution in [2.75, 3.05) is 7.11 Å². The van der Waals surface area contributed by atoms with E-state index >= 15 is 0 Å². The molecule has 2 saturated carbocycles. The van der Waals surface area contributed by atoms with Gasteiger partial charge in [0.2, 0.25) is 0 Å². The number of esters is 1. The molecule has 2 rings (SSSR count). The van der Waals surface area contributed by atoms with Gasteiger partial charge in [0, 0.05) is 6.42 Å². The Morgan fingerprint density at radius 2 is 1.95 bits per heavy atom. The number of carbonyl (C=O) groups is 2. The first kappa shape index (κ1) is 15.5. The van der Waals surface area contributed by atoms with Gasteiger partial charge in [-0.15, -0.1) is 0 Å². The molecule has 114 valence electrons. The van der Waals surface area contributed by atoms with Crippen molar-refractivity contribution < 1.29 is 19.1 Å². The quantitative estimate of drug-likeness (QED) is 0.577. The van der Waals surface area contributed by atoms with Crippen LogP contribution < -0.4 is 0 Å².